The van der Waals surface area contributed by atoms with Crippen LogP contribution >= 0.6 is 11.8 Å². The van der Waals surface area contributed by atoms with Crippen LogP contribution in [0.1, 0.15) is 6.92 Å². The molecule has 0 atom stereocenters. The lowest BCUT2D eigenvalue weighted by Gasteiger charge is -2.17. The first-order valence-electron chi connectivity index (χ1n) is 6.44. The van der Waals surface area contributed by atoms with E-state index in [0.29, 0.717) is 17.8 Å². The highest BCUT2D eigenvalue weighted by Crippen LogP contribution is 2.12. The third-order valence-corrected chi connectivity index (χ3v) is 3.22. The second kappa shape index (κ2) is 7.09. The van der Waals surface area contributed by atoms with E-state index >= 15 is 0 Å². The van der Waals surface area contributed by atoms with Crippen molar-refractivity contribution in [1.29, 1.82) is 0 Å². The molecule has 0 saturated heterocycles. The Hall–Kier alpha value is -1.83. The molecule has 0 unspecified atom stereocenters. The van der Waals surface area contributed by atoms with Gasteiger partial charge in [-0.25, -0.2) is 4.68 Å². The lowest BCUT2D eigenvalue weighted by atomic mass is 10.6. The lowest BCUT2D eigenvalue weighted by molar-refractivity contribution is 0.781. The standard InChI is InChI=1S/C12H19N7S/c1-4-13-10-15-11(18(2)8-9-20-3)17-12(16-10)19-7-5-6-14-19/h5-7H,4,8-9H2,1-3H3,(H,13,15,16,17). The van der Waals surface area contributed by atoms with Gasteiger partial charge in [0.15, 0.2) is 0 Å². The molecule has 0 saturated carbocycles. The molecule has 0 aliphatic rings. The number of nitrogens with one attached hydrogen (secondary N) is 1. The van der Waals surface area contributed by atoms with E-state index < -0.39 is 0 Å². The average Bonchev–Trinajstić information content (AvgIpc) is 2.99. The van der Waals surface area contributed by atoms with Crippen LogP contribution in [0.3, 0.4) is 0 Å². The van der Waals surface area contributed by atoms with Gasteiger partial charge >= 0.3 is 0 Å². The minimum atomic E-state index is 0.520. The Labute approximate surface area is 122 Å². The molecule has 7 nitrogen and oxygen atoms in total. The van der Waals surface area contributed by atoms with Crippen LogP contribution < -0.4 is 10.2 Å². The predicted molar refractivity (Wildman–Crippen MR) is 82.8 cm³/mol. The molecule has 20 heavy (non-hydrogen) atoms. The molecule has 0 radical (unpaired) electrons. The lowest BCUT2D eigenvalue weighted by Crippen LogP contribution is -2.24. The number of nitrogens with zero attached hydrogens (tertiary/aromatic N) is 6. The fraction of sp³-hybridized carbons (Fsp3) is 0.500. The monoisotopic (exact) mass is 293 g/mol. The Balaban J connectivity index is 2.31. The van der Waals surface area contributed by atoms with Crippen molar-refractivity contribution in [2.75, 3.05) is 42.4 Å². The van der Waals surface area contributed by atoms with Crippen molar-refractivity contribution in [3.8, 4) is 5.95 Å². The van der Waals surface area contributed by atoms with Gasteiger partial charge in [-0.1, -0.05) is 0 Å². The first kappa shape index (κ1) is 14.6. The highest BCUT2D eigenvalue weighted by Gasteiger charge is 2.11. The molecule has 0 amide bonds. The van der Waals surface area contributed by atoms with Crippen molar-refractivity contribution in [3.63, 3.8) is 0 Å². The maximum atomic E-state index is 4.47. The van der Waals surface area contributed by atoms with E-state index in [0.717, 1.165) is 18.8 Å². The van der Waals surface area contributed by atoms with E-state index in [1.165, 1.54) is 0 Å². The summed E-state index contributed by atoms with van der Waals surface area (Å²) in [4.78, 5) is 15.3. The second-order valence-electron chi connectivity index (χ2n) is 4.15. The minimum absolute atomic E-state index is 0.520. The summed E-state index contributed by atoms with van der Waals surface area (Å²) < 4.78 is 1.63. The van der Waals surface area contributed by atoms with Crippen LogP contribution in [0.4, 0.5) is 11.9 Å². The van der Waals surface area contributed by atoms with Crippen LogP contribution in [0, 0.1) is 0 Å². The van der Waals surface area contributed by atoms with Crippen LogP contribution in [-0.4, -0.2) is 56.9 Å². The molecule has 108 valence electrons. The summed E-state index contributed by atoms with van der Waals surface area (Å²) in [6.45, 7) is 3.65. The molecular weight excluding hydrogens is 274 g/mol. The zero-order valence-electron chi connectivity index (χ0n) is 11.9. The smallest absolute Gasteiger partial charge is 0.257 e. The molecule has 8 heteroatoms. The summed E-state index contributed by atoms with van der Waals surface area (Å²) in [6.07, 6.45) is 5.60. The highest BCUT2D eigenvalue weighted by molar-refractivity contribution is 7.98. The molecule has 0 aliphatic heterocycles. The molecule has 1 N–H and O–H groups in total. The maximum absolute atomic E-state index is 4.47. The van der Waals surface area contributed by atoms with Crippen LogP contribution in [0.2, 0.25) is 0 Å². The summed E-state index contributed by atoms with van der Waals surface area (Å²) >= 11 is 1.80. The Morgan fingerprint density at radius 3 is 2.85 bits per heavy atom. The summed E-state index contributed by atoms with van der Waals surface area (Å²) in [6, 6.07) is 1.84. The van der Waals surface area contributed by atoms with Gasteiger partial charge in [0.25, 0.3) is 5.95 Å². The third-order valence-electron chi connectivity index (χ3n) is 2.63. The predicted octanol–water partition coefficient (Wildman–Crippen LogP) is 1.29. The molecule has 0 aromatic carbocycles. The zero-order valence-corrected chi connectivity index (χ0v) is 12.8. The van der Waals surface area contributed by atoms with Gasteiger partial charge < -0.3 is 10.2 Å². The first-order valence-corrected chi connectivity index (χ1v) is 7.84. The Morgan fingerprint density at radius 1 is 1.35 bits per heavy atom. The van der Waals surface area contributed by atoms with Gasteiger partial charge in [-0.15, -0.1) is 0 Å². The summed E-state index contributed by atoms with van der Waals surface area (Å²) in [5.74, 6) is 2.76. The molecule has 2 rings (SSSR count). The van der Waals surface area contributed by atoms with Crippen LogP contribution in [-0.2, 0) is 0 Å². The molecule has 0 bridgehead atoms. The number of aromatic nitrogens is 5. The van der Waals surface area contributed by atoms with E-state index in [1.54, 1.807) is 22.6 Å². The van der Waals surface area contributed by atoms with Crippen molar-refractivity contribution < 1.29 is 0 Å². The maximum Gasteiger partial charge on any atom is 0.257 e. The fourth-order valence-corrected chi connectivity index (χ4v) is 2.04. The Kier molecular flexibility index (Phi) is 5.16. The number of rotatable bonds is 7. The van der Waals surface area contributed by atoms with E-state index in [-0.39, 0.29) is 0 Å². The summed E-state index contributed by atoms with van der Waals surface area (Å²) in [5.41, 5.74) is 0. The molecule has 0 aliphatic carbocycles. The topological polar surface area (TPSA) is 71.8 Å². The van der Waals surface area contributed by atoms with Crippen molar-refractivity contribution in [3.05, 3.63) is 18.5 Å². The molecule has 0 spiro atoms. The van der Waals surface area contributed by atoms with Gasteiger partial charge in [-0.05, 0) is 19.2 Å². The van der Waals surface area contributed by atoms with E-state index in [4.69, 9.17) is 0 Å². The van der Waals surface area contributed by atoms with Gasteiger partial charge in [0.05, 0.1) is 0 Å². The van der Waals surface area contributed by atoms with E-state index in [9.17, 15) is 0 Å². The van der Waals surface area contributed by atoms with Gasteiger partial charge in [0.2, 0.25) is 11.9 Å². The van der Waals surface area contributed by atoms with Crippen molar-refractivity contribution in [1.82, 2.24) is 24.7 Å². The normalized spacial score (nSPS) is 10.6. The minimum Gasteiger partial charge on any atom is -0.354 e. The van der Waals surface area contributed by atoms with Crippen LogP contribution in [0.25, 0.3) is 5.95 Å². The zero-order chi connectivity index (χ0) is 14.4. The van der Waals surface area contributed by atoms with Crippen molar-refractivity contribution in [2.24, 2.45) is 0 Å². The van der Waals surface area contributed by atoms with Crippen LogP contribution in [0.5, 0.6) is 0 Å². The van der Waals surface area contributed by atoms with E-state index in [2.05, 4.69) is 31.6 Å². The highest BCUT2D eigenvalue weighted by atomic mass is 32.2. The molecular formula is C12H19N7S. The first-order chi connectivity index (χ1) is 9.74. The summed E-state index contributed by atoms with van der Waals surface area (Å²) in [7, 11) is 1.98. The number of hydrogen-bond acceptors (Lipinski definition) is 7. The third kappa shape index (κ3) is 3.60. The molecule has 2 heterocycles. The van der Waals surface area contributed by atoms with Crippen LogP contribution in [0.15, 0.2) is 18.5 Å². The quantitative estimate of drug-likeness (QED) is 0.824. The van der Waals surface area contributed by atoms with Crippen molar-refractivity contribution in [2.45, 2.75) is 6.92 Å². The second-order valence-corrected chi connectivity index (χ2v) is 5.14. The van der Waals surface area contributed by atoms with Crippen molar-refractivity contribution >= 4 is 23.7 Å². The average molecular weight is 293 g/mol. The fourth-order valence-electron chi connectivity index (χ4n) is 1.58. The number of hydrogen-bond donors (Lipinski definition) is 1. The van der Waals surface area contributed by atoms with Gasteiger partial charge in [-0.2, -0.15) is 31.8 Å². The van der Waals surface area contributed by atoms with Gasteiger partial charge in [0, 0.05) is 38.3 Å². The SMILES string of the molecule is CCNc1nc(N(C)CCSC)nc(-n2cccn2)n1. The molecule has 2 aromatic rings. The molecule has 0 fully saturated rings. The number of anilines is 2. The Morgan fingerprint density at radius 2 is 2.20 bits per heavy atom. The van der Waals surface area contributed by atoms with Gasteiger partial charge in [0.1, 0.15) is 0 Å². The van der Waals surface area contributed by atoms with E-state index in [1.807, 2.05) is 31.1 Å². The number of thioether (sulfide) groups is 1. The largest absolute Gasteiger partial charge is 0.354 e. The Bertz CT molecular complexity index is 529. The molecule has 2 aromatic heterocycles. The summed E-state index contributed by atoms with van der Waals surface area (Å²) in [5, 5.41) is 7.29. The van der Waals surface area contributed by atoms with Gasteiger partial charge in [-0.3, -0.25) is 0 Å².